The summed E-state index contributed by atoms with van der Waals surface area (Å²) in [6.07, 6.45) is 2.90. The molecular formula is C12H20N2. The second kappa shape index (κ2) is 4.36. The summed E-state index contributed by atoms with van der Waals surface area (Å²) in [5.41, 5.74) is 17.5. The predicted octanol–water partition coefficient (Wildman–Crippen LogP) is 2.54. The molecule has 4 N–H and O–H groups in total. The highest BCUT2D eigenvalue weighted by Crippen LogP contribution is 2.28. The molecule has 1 aromatic rings. The Morgan fingerprint density at radius 1 is 0.929 bits per heavy atom. The van der Waals surface area contributed by atoms with E-state index >= 15 is 0 Å². The van der Waals surface area contributed by atoms with E-state index in [0.29, 0.717) is 0 Å². The van der Waals surface area contributed by atoms with E-state index in [1.54, 1.807) is 0 Å². The summed E-state index contributed by atoms with van der Waals surface area (Å²) in [4.78, 5) is 0. The van der Waals surface area contributed by atoms with E-state index in [9.17, 15) is 0 Å². The largest absolute Gasteiger partial charge is 0.398 e. The Hall–Kier alpha value is -1.18. The van der Waals surface area contributed by atoms with Crippen LogP contribution in [0.15, 0.2) is 6.07 Å². The van der Waals surface area contributed by atoms with Gasteiger partial charge in [0.05, 0.1) is 0 Å². The van der Waals surface area contributed by atoms with Crippen molar-refractivity contribution >= 4 is 11.4 Å². The summed E-state index contributed by atoms with van der Waals surface area (Å²) in [6, 6.07) is 2.08. The number of benzene rings is 1. The summed E-state index contributed by atoms with van der Waals surface area (Å²) in [7, 11) is 0. The van der Waals surface area contributed by atoms with Crippen LogP contribution in [0, 0.1) is 0 Å². The minimum atomic E-state index is 0.846. The van der Waals surface area contributed by atoms with Crippen molar-refractivity contribution in [2.24, 2.45) is 0 Å². The summed E-state index contributed by atoms with van der Waals surface area (Å²) in [6.45, 7) is 6.37. The first kappa shape index (κ1) is 10.9. The molecule has 0 bridgehead atoms. The maximum absolute atomic E-state index is 6.10. The first-order valence-corrected chi connectivity index (χ1v) is 5.34. The van der Waals surface area contributed by atoms with Crippen molar-refractivity contribution in [3.05, 3.63) is 22.8 Å². The molecule has 0 radical (unpaired) electrons. The van der Waals surface area contributed by atoms with Gasteiger partial charge in [-0.25, -0.2) is 0 Å². The second-order valence-corrected chi connectivity index (χ2v) is 3.56. The minimum absolute atomic E-state index is 0.846. The van der Waals surface area contributed by atoms with E-state index in [-0.39, 0.29) is 0 Å². The molecule has 0 saturated heterocycles. The van der Waals surface area contributed by atoms with Crippen molar-refractivity contribution in [3.8, 4) is 0 Å². The molecule has 0 saturated carbocycles. The van der Waals surface area contributed by atoms with Crippen molar-refractivity contribution in [2.45, 2.75) is 40.0 Å². The maximum atomic E-state index is 6.10. The van der Waals surface area contributed by atoms with Crippen molar-refractivity contribution < 1.29 is 0 Å². The van der Waals surface area contributed by atoms with E-state index in [1.165, 1.54) is 11.1 Å². The number of hydrogen-bond acceptors (Lipinski definition) is 2. The highest BCUT2D eigenvalue weighted by atomic mass is 14.6. The Morgan fingerprint density at radius 2 is 1.50 bits per heavy atom. The fourth-order valence-electron chi connectivity index (χ4n) is 2.00. The van der Waals surface area contributed by atoms with Gasteiger partial charge in [0, 0.05) is 11.4 Å². The Morgan fingerprint density at radius 3 is 1.93 bits per heavy atom. The average molecular weight is 192 g/mol. The van der Waals surface area contributed by atoms with Gasteiger partial charge in [0.25, 0.3) is 0 Å². The Labute approximate surface area is 86.3 Å². The van der Waals surface area contributed by atoms with Gasteiger partial charge in [-0.15, -0.1) is 0 Å². The highest BCUT2D eigenvalue weighted by Gasteiger charge is 2.10. The lowest BCUT2D eigenvalue weighted by atomic mass is 9.95. The fraction of sp³-hybridized carbons (Fsp3) is 0.500. The van der Waals surface area contributed by atoms with E-state index in [0.717, 1.165) is 36.2 Å². The molecule has 0 unspecified atom stereocenters. The lowest BCUT2D eigenvalue weighted by Gasteiger charge is -2.15. The number of aryl methyl sites for hydroxylation is 1. The Bertz CT molecular complexity index is 330. The van der Waals surface area contributed by atoms with Gasteiger partial charge in [-0.1, -0.05) is 20.8 Å². The quantitative estimate of drug-likeness (QED) is 0.723. The summed E-state index contributed by atoms with van der Waals surface area (Å²) in [5.74, 6) is 0. The first-order valence-electron chi connectivity index (χ1n) is 5.34. The zero-order chi connectivity index (χ0) is 10.7. The molecule has 0 spiro atoms. The molecule has 0 fully saturated rings. The second-order valence-electron chi connectivity index (χ2n) is 3.56. The third kappa shape index (κ3) is 1.69. The number of rotatable bonds is 3. The highest BCUT2D eigenvalue weighted by molar-refractivity contribution is 5.68. The van der Waals surface area contributed by atoms with Gasteiger partial charge < -0.3 is 11.5 Å². The molecule has 0 aromatic heterocycles. The van der Waals surface area contributed by atoms with Crippen molar-refractivity contribution in [3.63, 3.8) is 0 Å². The van der Waals surface area contributed by atoms with E-state index < -0.39 is 0 Å². The molecule has 0 aliphatic rings. The minimum Gasteiger partial charge on any atom is -0.398 e. The molecule has 0 heterocycles. The van der Waals surface area contributed by atoms with Gasteiger partial charge in [-0.2, -0.15) is 0 Å². The van der Waals surface area contributed by atoms with Gasteiger partial charge in [-0.05, 0) is 42.0 Å². The summed E-state index contributed by atoms with van der Waals surface area (Å²) >= 11 is 0. The van der Waals surface area contributed by atoms with Crippen LogP contribution >= 0.6 is 0 Å². The molecule has 14 heavy (non-hydrogen) atoms. The van der Waals surface area contributed by atoms with Crippen LogP contribution in [-0.2, 0) is 19.3 Å². The van der Waals surface area contributed by atoms with Crippen molar-refractivity contribution in [1.29, 1.82) is 0 Å². The lowest BCUT2D eigenvalue weighted by molar-refractivity contribution is 1.02. The lowest BCUT2D eigenvalue weighted by Crippen LogP contribution is -2.06. The van der Waals surface area contributed by atoms with Crippen LogP contribution in [0.3, 0.4) is 0 Å². The fourth-order valence-corrected chi connectivity index (χ4v) is 2.00. The summed E-state index contributed by atoms with van der Waals surface area (Å²) in [5, 5.41) is 0. The molecule has 2 nitrogen and oxygen atoms in total. The van der Waals surface area contributed by atoms with Gasteiger partial charge >= 0.3 is 0 Å². The first-order chi connectivity index (χ1) is 6.65. The van der Waals surface area contributed by atoms with Gasteiger partial charge in [0.2, 0.25) is 0 Å². The number of nitrogen functional groups attached to an aromatic ring is 2. The molecule has 1 rings (SSSR count). The molecule has 0 amide bonds. The van der Waals surface area contributed by atoms with Crippen LogP contribution < -0.4 is 11.5 Å². The molecule has 78 valence electrons. The standard InChI is InChI=1S/C12H20N2/c1-4-8-7-11(13)10(6-3)12(14)9(8)5-2/h7H,4-6,13-14H2,1-3H3. The van der Waals surface area contributed by atoms with Gasteiger partial charge in [-0.3, -0.25) is 0 Å². The SMILES string of the molecule is CCc1cc(N)c(CC)c(N)c1CC. The third-order valence-corrected chi connectivity index (χ3v) is 2.80. The summed E-state index contributed by atoms with van der Waals surface area (Å²) < 4.78 is 0. The van der Waals surface area contributed by atoms with Crippen molar-refractivity contribution in [2.75, 3.05) is 11.5 Å². The van der Waals surface area contributed by atoms with Crippen LogP contribution in [0.1, 0.15) is 37.5 Å². The maximum Gasteiger partial charge on any atom is 0.0402 e. The zero-order valence-electron chi connectivity index (χ0n) is 9.35. The topological polar surface area (TPSA) is 52.0 Å². The van der Waals surface area contributed by atoms with E-state index in [1.807, 2.05) is 0 Å². The van der Waals surface area contributed by atoms with Crippen LogP contribution in [-0.4, -0.2) is 0 Å². The smallest absolute Gasteiger partial charge is 0.0402 e. The van der Waals surface area contributed by atoms with Crippen LogP contribution in [0.5, 0.6) is 0 Å². The van der Waals surface area contributed by atoms with Crippen LogP contribution in [0.2, 0.25) is 0 Å². The molecular weight excluding hydrogens is 172 g/mol. The average Bonchev–Trinajstić information content (AvgIpc) is 2.17. The van der Waals surface area contributed by atoms with Gasteiger partial charge in [0.1, 0.15) is 0 Å². The zero-order valence-corrected chi connectivity index (χ0v) is 9.35. The van der Waals surface area contributed by atoms with E-state index in [2.05, 4.69) is 26.8 Å². The van der Waals surface area contributed by atoms with Crippen LogP contribution in [0.25, 0.3) is 0 Å². The number of anilines is 2. The molecule has 1 aromatic carbocycles. The number of nitrogens with two attached hydrogens (primary N) is 2. The molecule has 0 aliphatic heterocycles. The predicted molar refractivity (Wildman–Crippen MR) is 63.4 cm³/mol. The molecule has 0 atom stereocenters. The molecule has 0 aliphatic carbocycles. The monoisotopic (exact) mass is 192 g/mol. The third-order valence-electron chi connectivity index (χ3n) is 2.80. The number of hydrogen-bond donors (Lipinski definition) is 2. The Kier molecular flexibility index (Phi) is 3.39. The van der Waals surface area contributed by atoms with E-state index in [4.69, 9.17) is 11.5 Å². The molecule has 2 heteroatoms. The Balaban J connectivity index is 3.39. The van der Waals surface area contributed by atoms with Crippen molar-refractivity contribution in [1.82, 2.24) is 0 Å². The van der Waals surface area contributed by atoms with Crippen LogP contribution in [0.4, 0.5) is 11.4 Å². The normalized spacial score (nSPS) is 10.5. The van der Waals surface area contributed by atoms with Gasteiger partial charge in [0.15, 0.2) is 0 Å².